The molecule has 0 bridgehead atoms. The monoisotopic (exact) mass is 355 g/mol. The highest BCUT2D eigenvalue weighted by atomic mass is 32.2. The van der Waals surface area contributed by atoms with Gasteiger partial charge in [-0.25, -0.2) is 23.1 Å². The molecule has 0 saturated heterocycles. The van der Waals surface area contributed by atoms with E-state index in [4.69, 9.17) is 10.5 Å². The molecule has 2 aromatic rings. The smallest absolute Gasteiger partial charge is 0.247 e. The number of hydrogen-bond donors (Lipinski definition) is 1. The van der Waals surface area contributed by atoms with Crippen LogP contribution >= 0.6 is 0 Å². The summed E-state index contributed by atoms with van der Waals surface area (Å²) in [6.45, 7) is 3.48. The van der Waals surface area contributed by atoms with E-state index in [0.717, 1.165) is 0 Å². The summed E-state index contributed by atoms with van der Waals surface area (Å²) in [5.74, 6) is -0.00727. The quantitative estimate of drug-likeness (QED) is 0.815. The number of aromatic nitrogens is 2. The maximum absolute atomic E-state index is 12.4. The molecule has 0 spiro atoms. The molecular weight excluding hydrogens is 342 g/mol. The number of hydrogen-bond acceptors (Lipinski definition) is 8. The molecule has 0 aliphatic rings. The zero-order chi connectivity index (χ0) is 18.4. The van der Waals surface area contributed by atoms with Gasteiger partial charge in [0.2, 0.25) is 12.0 Å². The van der Waals surface area contributed by atoms with Gasteiger partial charge < -0.3 is 0 Å². The van der Waals surface area contributed by atoms with Crippen LogP contribution in [0.5, 0.6) is 0 Å². The fourth-order valence-electron chi connectivity index (χ4n) is 1.85. The van der Waals surface area contributed by atoms with Crippen LogP contribution in [0.25, 0.3) is 0 Å². The Bertz CT molecular complexity index is 952. The van der Waals surface area contributed by atoms with Crippen LogP contribution in [0, 0.1) is 36.5 Å². The van der Waals surface area contributed by atoms with Gasteiger partial charge in [0.25, 0.3) is 10.0 Å². The molecule has 0 unspecified atom stereocenters. The first kappa shape index (κ1) is 18.0. The lowest BCUT2D eigenvalue weighted by Gasteiger charge is -2.08. The highest BCUT2D eigenvalue weighted by Crippen LogP contribution is 2.19. The van der Waals surface area contributed by atoms with Crippen molar-refractivity contribution >= 4 is 21.7 Å². The lowest BCUT2D eigenvalue weighted by Crippen LogP contribution is -2.15. The van der Waals surface area contributed by atoms with Crippen molar-refractivity contribution < 1.29 is 8.42 Å². The van der Waals surface area contributed by atoms with Gasteiger partial charge in [0.15, 0.2) is 0 Å². The third-order valence-corrected chi connectivity index (χ3v) is 4.23. The molecule has 25 heavy (non-hydrogen) atoms. The predicted molar refractivity (Wildman–Crippen MR) is 88.3 cm³/mol. The van der Waals surface area contributed by atoms with Crippen molar-refractivity contribution in [3.8, 4) is 12.1 Å². The minimum absolute atomic E-state index is 0.00727. The van der Waals surface area contributed by atoms with Crippen molar-refractivity contribution in [3.63, 3.8) is 0 Å². The van der Waals surface area contributed by atoms with Crippen molar-refractivity contribution in [1.82, 2.24) is 9.97 Å². The fourth-order valence-corrected chi connectivity index (χ4v) is 2.79. The summed E-state index contributed by atoms with van der Waals surface area (Å²) in [5, 5.41) is 24.5. The molecule has 9 nitrogen and oxygen atoms in total. The Kier molecular flexibility index (Phi) is 5.37. The highest BCUT2D eigenvalue weighted by Gasteiger charge is 2.16. The van der Waals surface area contributed by atoms with E-state index in [-0.39, 0.29) is 10.8 Å². The van der Waals surface area contributed by atoms with E-state index in [1.807, 2.05) is 0 Å². The van der Waals surface area contributed by atoms with Crippen molar-refractivity contribution in [1.29, 1.82) is 10.5 Å². The zero-order valence-corrected chi connectivity index (χ0v) is 14.2. The fraction of sp³-hybridized carbons (Fsp3) is 0.200. The summed E-state index contributed by atoms with van der Waals surface area (Å²) in [6.07, 6.45) is 0. The lowest BCUT2D eigenvalue weighted by atomic mass is 10.3. The summed E-state index contributed by atoms with van der Waals surface area (Å²) in [5.41, 5.74) is 1.60. The maximum Gasteiger partial charge on any atom is 0.264 e. The molecule has 2 rings (SSSR count). The number of azo groups is 1. The second-order valence-corrected chi connectivity index (χ2v) is 6.63. The molecule has 0 aliphatic carbocycles. The highest BCUT2D eigenvalue weighted by molar-refractivity contribution is 7.92. The number of rotatable bonds is 5. The minimum atomic E-state index is -3.86. The number of benzene rings is 1. The van der Waals surface area contributed by atoms with Gasteiger partial charge in [0.05, 0.1) is 10.6 Å². The van der Waals surface area contributed by atoms with Crippen LogP contribution in [0.2, 0.25) is 0 Å². The number of anilines is 1. The largest absolute Gasteiger partial charge is 0.264 e. The number of nitriles is 2. The van der Waals surface area contributed by atoms with E-state index in [0.29, 0.717) is 17.1 Å². The van der Waals surface area contributed by atoms with E-state index in [2.05, 4.69) is 24.9 Å². The second kappa shape index (κ2) is 7.47. The van der Waals surface area contributed by atoms with Gasteiger partial charge >= 0.3 is 0 Å². The number of aryl methyl sites for hydroxylation is 2. The van der Waals surface area contributed by atoms with Gasteiger partial charge in [0.1, 0.15) is 12.1 Å². The Morgan fingerprint density at radius 3 is 2.16 bits per heavy atom. The molecule has 126 valence electrons. The van der Waals surface area contributed by atoms with Crippen molar-refractivity contribution in [2.75, 3.05) is 4.72 Å². The summed E-state index contributed by atoms with van der Waals surface area (Å²) in [7, 11) is -3.86. The second-order valence-electron chi connectivity index (χ2n) is 4.95. The Balaban J connectivity index is 2.20. The standard InChI is InChI=1S/C15H13N7O2S/c1-10-7-11(2)19-15(18-10)22-25(23,24)14-5-3-12(4-6-14)20-21-13(8-16)9-17/h3-7,13H,1-2H3,(H,18,19,22). The molecule has 0 fully saturated rings. The first-order valence-electron chi connectivity index (χ1n) is 6.99. The van der Waals surface area contributed by atoms with Gasteiger partial charge in [-0.15, -0.1) is 0 Å². The Labute approximate surface area is 144 Å². The van der Waals surface area contributed by atoms with E-state index in [1.54, 1.807) is 32.1 Å². The molecule has 1 heterocycles. The number of nitrogens with one attached hydrogen (secondary N) is 1. The van der Waals surface area contributed by atoms with Gasteiger partial charge in [0, 0.05) is 11.4 Å². The predicted octanol–water partition coefficient (Wildman–Crippen LogP) is 2.39. The molecule has 1 N–H and O–H groups in total. The summed E-state index contributed by atoms with van der Waals surface area (Å²) in [6, 6.07) is 9.30. The van der Waals surface area contributed by atoms with Gasteiger partial charge in [-0.1, -0.05) is 0 Å². The molecule has 1 aromatic heterocycles. The van der Waals surface area contributed by atoms with Crippen molar-refractivity contribution in [2.24, 2.45) is 10.2 Å². The summed E-state index contributed by atoms with van der Waals surface area (Å²) >= 11 is 0. The van der Waals surface area contributed by atoms with Crippen LogP contribution in [0.4, 0.5) is 11.6 Å². The SMILES string of the molecule is Cc1cc(C)nc(NS(=O)(=O)c2ccc(N=NC(C#N)C#N)cc2)n1. The molecule has 0 saturated carbocycles. The van der Waals surface area contributed by atoms with Crippen molar-refractivity contribution in [3.05, 3.63) is 41.7 Å². The van der Waals surface area contributed by atoms with E-state index in [9.17, 15) is 8.42 Å². The van der Waals surface area contributed by atoms with Crippen molar-refractivity contribution in [2.45, 2.75) is 24.8 Å². The Hall–Kier alpha value is -3.37. The average molecular weight is 355 g/mol. The van der Waals surface area contributed by atoms with Gasteiger partial charge in [-0.05, 0) is 44.2 Å². The third kappa shape index (κ3) is 4.80. The van der Waals surface area contributed by atoms with Crippen LogP contribution < -0.4 is 4.72 Å². The minimum Gasteiger partial charge on any atom is -0.247 e. The average Bonchev–Trinajstić information content (AvgIpc) is 2.55. The molecule has 0 aliphatic heterocycles. The van der Waals surface area contributed by atoms with Crippen LogP contribution in [-0.2, 0) is 10.0 Å². The summed E-state index contributed by atoms with van der Waals surface area (Å²) < 4.78 is 27.0. The molecule has 0 atom stereocenters. The first-order chi connectivity index (χ1) is 11.8. The molecule has 0 amide bonds. The molecular formula is C15H13N7O2S. The van der Waals surface area contributed by atoms with Crippen LogP contribution in [-0.4, -0.2) is 24.4 Å². The molecule has 10 heteroatoms. The van der Waals surface area contributed by atoms with Crippen LogP contribution in [0.3, 0.4) is 0 Å². The third-order valence-electron chi connectivity index (χ3n) is 2.89. The first-order valence-corrected chi connectivity index (χ1v) is 8.47. The Morgan fingerprint density at radius 1 is 1.08 bits per heavy atom. The zero-order valence-electron chi connectivity index (χ0n) is 13.4. The normalized spacial score (nSPS) is 11.2. The number of sulfonamides is 1. The van der Waals surface area contributed by atoms with E-state index in [1.165, 1.54) is 24.3 Å². The van der Waals surface area contributed by atoms with E-state index < -0.39 is 16.1 Å². The summed E-state index contributed by atoms with van der Waals surface area (Å²) in [4.78, 5) is 8.06. The maximum atomic E-state index is 12.4. The topological polar surface area (TPSA) is 144 Å². The van der Waals surface area contributed by atoms with Crippen LogP contribution in [0.1, 0.15) is 11.4 Å². The van der Waals surface area contributed by atoms with Gasteiger partial charge in [-0.3, -0.25) is 0 Å². The molecule has 1 aromatic carbocycles. The van der Waals surface area contributed by atoms with Crippen LogP contribution in [0.15, 0.2) is 45.5 Å². The molecule has 0 radical (unpaired) electrons. The Morgan fingerprint density at radius 2 is 1.64 bits per heavy atom. The lowest BCUT2D eigenvalue weighted by molar-refractivity contribution is 0.601. The van der Waals surface area contributed by atoms with Gasteiger partial charge in [-0.2, -0.15) is 20.8 Å². The van der Waals surface area contributed by atoms with E-state index >= 15 is 0 Å². The number of nitrogens with zero attached hydrogens (tertiary/aromatic N) is 6.